The summed E-state index contributed by atoms with van der Waals surface area (Å²) in [5.74, 6) is 2.79. The van der Waals surface area contributed by atoms with Gasteiger partial charge in [0.25, 0.3) is 0 Å². The molecule has 1 aliphatic heterocycles. The third-order valence-electron chi connectivity index (χ3n) is 5.59. The number of likely N-dealkylation sites (N-methyl/N-ethyl adjacent to an activating group) is 1. The maximum absolute atomic E-state index is 4.56. The van der Waals surface area contributed by atoms with Crippen LogP contribution < -0.4 is 9.80 Å². The summed E-state index contributed by atoms with van der Waals surface area (Å²) in [6.45, 7) is 1.96. The Labute approximate surface area is 141 Å². The fourth-order valence-electron chi connectivity index (χ4n) is 3.81. The molecule has 0 aromatic carbocycles. The molecule has 2 aliphatic carbocycles. The van der Waals surface area contributed by atoms with Crippen molar-refractivity contribution < 1.29 is 0 Å². The largest absolute Gasteiger partial charge is 0.353 e. The van der Waals surface area contributed by atoms with E-state index in [4.69, 9.17) is 0 Å². The summed E-state index contributed by atoms with van der Waals surface area (Å²) >= 11 is 0. The molecular weight excluding hydrogens is 300 g/mol. The highest BCUT2D eigenvalue weighted by molar-refractivity contribution is 5.53. The summed E-state index contributed by atoms with van der Waals surface area (Å²) in [5.41, 5.74) is 3.75. The van der Waals surface area contributed by atoms with Crippen molar-refractivity contribution in [2.45, 2.75) is 44.1 Å². The van der Waals surface area contributed by atoms with Crippen LogP contribution in [0.15, 0.2) is 18.5 Å². The smallest absolute Gasteiger partial charge is 0.151 e. The van der Waals surface area contributed by atoms with Gasteiger partial charge in [-0.25, -0.2) is 9.97 Å². The predicted molar refractivity (Wildman–Crippen MR) is 92.5 cm³/mol. The molecule has 3 aliphatic rings. The fourth-order valence-corrected chi connectivity index (χ4v) is 3.81. The maximum Gasteiger partial charge on any atom is 0.151 e. The van der Waals surface area contributed by atoms with Gasteiger partial charge in [0.1, 0.15) is 12.1 Å². The van der Waals surface area contributed by atoms with Crippen molar-refractivity contribution in [1.82, 2.24) is 20.2 Å². The van der Waals surface area contributed by atoms with Crippen LogP contribution in [0.25, 0.3) is 0 Å². The van der Waals surface area contributed by atoms with E-state index in [9.17, 15) is 0 Å². The van der Waals surface area contributed by atoms with E-state index in [0.717, 1.165) is 43.3 Å². The topological polar surface area (TPSA) is 58.0 Å². The highest BCUT2D eigenvalue weighted by atomic mass is 15.4. The molecule has 2 fully saturated rings. The van der Waals surface area contributed by atoms with Gasteiger partial charge in [-0.15, -0.1) is 5.10 Å². The van der Waals surface area contributed by atoms with Crippen LogP contribution in [0.4, 0.5) is 11.6 Å². The van der Waals surface area contributed by atoms with Crippen LogP contribution in [0, 0.1) is 0 Å². The van der Waals surface area contributed by atoms with Gasteiger partial charge in [0, 0.05) is 37.3 Å². The van der Waals surface area contributed by atoms with Crippen LogP contribution in [-0.4, -0.2) is 46.3 Å². The number of fused-ring (bicyclic) bond motifs is 1. The lowest BCUT2D eigenvalue weighted by Crippen LogP contribution is -2.59. The molecule has 124 valence electrons. The van der Waals surface area contributed by atoms with Gasteiger partial charge in [-0.05, 0) is 44.2 Å². The van der Waals surface area contributed by atoms with E-state index in [1.807, 2.05) is 0 Å². The van der Waals surface area contributed by atoms with Crippen molar-refractivity contribution in [3.63, 3.8) is 0 Å². The van der Waals surface area contributed by atoms with E-state index < -0.39 is 0 Å². The Morgan fingerprint density at radius 3 is 2.71 bits per heavy atom. The Morgan fingerprint density at radius 2 is 1.96 bits per heavy atom. The zero-order valence-electron chi connectivity index (χ0n) is 14.0. The summed E-state index contributed by atoms with van der Waals surface area (Å²) in [6.07, 6.45) is 7.67. The molecule has 5 rings (SSSR count). The molecule has 0 unspecified atom stereocenters. The SMILES string of the molecule is CN(c1ncnc2c1CCC2)C1CN(c2ccc(C3CC3)nn2)C1. The normalized spacial score (nSPS) is 20.0. The van der Waals surface area contributed by atoms with E-state index in [1.54, 1.807) is 6.33 Å². The van der Waals surface area contributed by atoms with Crippen molar-refractivity contribution in [1.29, 1.82) is 0 Å². The number of aromatic nitrogens is 4. The third kappa shape index (κ3) is 2.32. The summed E-state index contributed by atoms with van der Waals surface area (Å²) in [4.78, 5) is 13.6. The lowest BCUT2D eigenvalue weighted by Gasteiger charge is -2.45. The molecule has 24 heavy (non-hydrogen) atoms. The second kappa shape index (κ2) is 5.40. The Morgan fingerprint density at radius 1 is 1.08 bits per heavy atom. The van der Waals surface area contributed by atoms with E-state index in [2.05, 4.69) is 49.1 Å². The number of hydrogen-bond donors (Lipinski definition) is 0. The van der Waals surface area contributed by atoms with Crippen molar-refractivity contribution in [3.05, 3.63) is 35.4 Å². The second-order valence-corrected chi connectivity index (χ2v) is 7.24. The minimum atomic E-state index is 0.481. The van der Waals surface area contributed by atoms with Gasteiger partial charge in [0.15, 0.2) is 5.82 Å². The van der Waals surface area contributed by atoms with E-state index in [1.165, 1.54) is 30.5 Å². The molecule has 0 N–H and O–H groups in total. The van der Waals surface area contributed by atoms with Gasteiger partial charge in [-0.2, -0.15) is 5.10 Å². The Bertz CT molecular complexity index is 749. The molecule has 0 radical (unpaired) electrons. The first-order valence-electron chi connectivity index (χ1n) is 8.94. The molecule has 2 aromatic heterocycles. The Balaban J connectivity index is 1.27. The second-order valence-electron chi connectivity index (χ2n) is 7.24. The maximum atomic E-state index is 4.56. The van der Waals surface area contributed by atoms with Crippen LogP contribution in [0.2, 0.25) is 0 Å². The number of hydrogen-bond acceptors (Lipinski definition) is 6. The summed E-state index contributed by atoms with van der Waals surface area (Å²) in [5, 5.41) is 8.81. The number of anilines is 2. The average Bonchev–Trinajstić information content (AvgIpc) is 3.30. The van der Waals surface area contributed by atoms with Crippen LogP contribution in [-0.2, 0) is 12.8 Å². The number of nitrogens with zero attached hydrogens (tertiary/aromatic N) is 6. The van der Waals surface area contributed by atoms with Crippen LogP contribution >= 0.6 is 0 Å². The Hall–Kier alpha value is -2.24. The minimum absolute atomic E-state index is 0.481. The zero-order chi connectivity index (χ0) is 16.1. The van der Waals surface area contributed by atoms with Gasteiger partial charge >= 0.3 is 0 Å². The lowest BCUT2D eigenvalue weighted by molar-refractivity contribution is 0.486. The molecule has 0 atom stereocenters. The number of rotatable bonds is 4. The van der Waals surface area contributed by atoms with Crippen LogP contribution in [0.5, 0.6) is 0 Å². The standard InChI is InChI=1S/C18H22N6/c1-23(18-14-3-2-4-16(14)19-11-20-18)13-9-24(10-13)17-8-7-15(21-22-17)12-5-6-12/h7-8,11-13H,2-6,9-10H2,1H3. The molecule has 0 bridgehead atoms. The Kier molecular flexibility index (Phi) is 3.18. The van der Waals surface area contributed by atoms with Crippen LogP contribution in [0.1, 0.15) is 42.1 Å². The highest BCUT2D eigenvalue weighted by Gasteiger charge is 2.34. The molecule has 0 amide bonds. The van der Waals surface area contributed by atoms with Gasteiger partial charge < -0.3 is 9.80 Å². The van der Waals surface area contributed by atoms with E-state index >= 15 is 0 Å². The van der Waals surface area contributed by atoms with Crippen molar-refractivity contribution >= 4 is 11.6 Å². The first-order valence-corrected chi connectivity index (χ1v) is 8.94. The molecular formula is C18H22N6. The van der Waals surface area contributed by atoms with E-state index in [-0.39, 0.29) is 0 Å². The average molecular weight is 322 g/mol. The molecule has 1 saturated heterocycles. The highest BCUT2D eigenvalue weighted by Crippen LogP contribution is 2.39. The van der Waals surface area contributed by atoms with E-state index in [0.29, 0.717) is 12.0 Å². The van der Waals surface area contributed by atoms with Gasteiger partial charge in [0.05, 0.1) is 11.7 Å². The molecule has 2 aromatic rings. The molecule has 3 heterocycles. The van der Waals surface area contributed by atoms with Gasteiger partial charge in [-0.1, -0.05) is 0 Å². The number of aryl methyl sites for hydroxylation is 1. The van der Waals surface area contributed by atoms with Crippen molar-refractivity contribution in [3.8, 4) is 0 Å². The molecule has 0 spiro atoms. The summed E-state index contributed by atoms with van der Waals surface area (Å²) in [6, 6.07) is 4.75. The fraction of sp³-hybridized carbons (Fsp3) is 0.556. The monoisotopic (exact) mass is 322 g/mol. The molecule has 6 heteroatoms. The molecule has 6 nitrogen and oxygen atoms in total. The third-order valence-corrected chi connectivity index (χ3v) is 5.59. The quantitative estimate of drug-likeness (QED) is 0.857. The lowest BCUT2D eigenvalue weighted by atomic mass is 10.1. The predicted octanol–water partition coefficient (Wildman–Crippen LogP) is 1.96. The minimum Gasteiger partial charge on any atom is -0.353 e. The van der Waals surface area contributed by atoms with Crippen molar-refractivity contribution in [2.75, 3.05) is 29.9 Å². The van der Waals surface area contributed by atoms with Gasteiger partial charge in [0.2, 0.25) is 0 Å². The first-order chi connectivity index (χ1) is 11.8. The summed E-state index contributed by atoms with van der Waals surface area (Å²) in [7, 11) is 2.16. The first kappa shape index (κ1) is 14.1. The molecule has 1 saturated carbocycles. The zero-order valence-corrected chi connectivity index (χ0v) is 14.0. The van der Waals surface area contributed by atoms with Crippen LogP contribution in [0.3, 0.4) is 0 Å². The van der Waals surface area contributed by atoms with Crippen molar-refractivity contribution in [2.24, 2.45) is 0 Å². The van der Waals surface area contributed by atoms with Gasteiger partial charge in [-0.3, -0.25) is 0 Å². The summed E-state index contributed by atoms with van der Waals surface area (Å²) < 4.78 is 0.